The molecule has 0 radical (unpaired) electrons. The molecule has 1 aromatic heterocycles. The van der Waals surface area contributed by atoms with Gasteiger partial charge in [-0.1, -0.05) is 6.07 Å². The largest absolute Gasteiger partial charge is 0.502 e. The van der Waals surface area contributed by atoms with Crippen LogP contribution in [0.5, 0.6) is 5.75 Å². The number of H-pyrrole nitrogens is 1. The number of nitrogens with zero attached hydrogens (tertiary/aromatic N) is 3. The molecule has 1 heterocycles. The monoisotopic (exact) mass is 282 g/mol. The predicted octanol–water partition coefficient (Wildman–Crippen LogP) is 2.93. The molecule has 7 nitrogen and oxygen atoms in total. The number of nitro benzene ring substituents is 1. The molecule has 0 fully saturated rings. The van der Waals surface area contributed by atoms with E-state index in [2.05, 4.69) is 15.2 Å². The quantitative estimate of drug-likeness (QED) is 0.437. The van der Waals surface area contributed by atoms with E-state index in [1.165, 1.54) is 18.3 Å². The maximum absolute atomic E-state index is 10.8. The molecule has 0 aliphatic carbocycles. The fraction of sp³-hybridized carbons (Fsp3) is 0. The SMILES string of the molecule is O=[N+]([O-])c1cccc(C=Nc2ccc3[nH]ncc3c2)c1O. The van der Waals surface area contributed by atoms with Crippen LogP contribution in [0.2, 0.25) is 0 Å². The number of nitrogens with one attached hydrogen (secondary N) is 1. The summed E-state index contributed by atoms with van der Waals surface area (Å²) in [5, 5.41) is 28.2. The number of hydrogen-bond acceptors (Lipinski definition) is 5. The number of aromatic amines is 1. The molecule has 21 heavy (non-hydrogen) atoms. The Morgan fingerprint density at radius 2 is 2.19 bits per heavy atom. The lowest BCUT2D eigenvalue weighted by molar-refractivity contribution is -0.385. The lowest BCUT2D eigenvalue weighted by Gasteiger charge is -1.99. The zero-order valence-corrected chi connectivity index (χ0v) is 10.7. The smallest absolute Gasteiger partial charge is 0.311 e. The maximum Gasteiger partial charge on any atom is 0.311 e. The lowest BCUT2D eigenvalue weighted by Crippen LogP contribution is -1.91. The molecule has 0 unspecified atom stereocenters. The Morgan fingerprint density at radius 3 is 3.00 bits per heavy atom. The third-order valence-corrected chi connectivity index (χ3v) is 3.02. The number of phenolic OH excluding ortho intramolecular Hbond substituents is 1. The molecule has 0 amide bonds. The summed E-state index contributed by atoms with van der Waals surface area (Å²) in [6.07, 6.45) is 3.07. The summed E-state index contributed by atoms with van der Waals surface area (Å²) in [6, 6.07) is 9.74. The van der Waals surface area contributed by atoms with E-state index in [-0.39, 0.29) is 11.3 Å². The average molecular weight is 282 g/mol. The van der Waals surface area contributed by atoms with Crippen molar-refractivity contribution in [1.82, 2.24) is 10.2 Å². The first kappa shape index (κ1) is 12.8. The van der Waals surface area contributed by atoms with Crippen molar-refractivity contribution in [2.75, 3.05) is 0 Å². The van der Waals surface area contributed by atoms with E-state index in [4.69, 9.17) is 0 Å². The van der Waals surface area contributed by atoms with Gasteiger partial charge in [-0.2, -0.15) is 5.10 Å². The van der Waals surface area contributed by atoms with Gasteiger partial charge in [-0.15, -0.1) is 0 Å². The second-order valence-electron chi connectivity index (χ2n) is 4.37. The van der Waals surface area contributed by atoms with Gasteiger partial charge in [-0.3, -0.25) is 20.2 Å². The Kier molecular flexibility index (Phi) is 3.07. The highest BCUT2D eigenvalue weighted by molar-refractivity contribution is 5.88. The second-order valence-corrected chi connectivity index (χ2v) is 4.37. The van der Waals surface area contributed by atoms with Gasteiger partial charge in [0.1, 0.15) is 0 Å². The van der Waals surface area contributed by atoms with Gasteiger partial charge in [0.2, 0.25) is 5.75 Å². The van der Waals surface area contributed by atoms with Crippen LogP contribution in [-0.2, 0) is 0 Å². The van der Waals surface area contributed by atoms with Gasteiger partial charge in [-0.25, -0.2) is 0 Å². The van der Waals surface area contributed by atoms with Crippen LogP contribution in [0.25, 0.3) is 10.9 Å². The highest BCUT2D eigenvalue weighted by Crippen LogP contribution is 2.28. The van der Waals surface area contributed by atoms with E-state index in [1.54, 1.807) is 18.3 Å². The van der Waals surface area contributed by atoms with Crippen molar-refractivity contribution >= 4 is 28.5 Å². The predicted molar refractivity (Wildman–Crippen MR) is 78.1 cm³/mol. The first-order valence-electron chi connectivity index (χ1n) is 6.09. The van der Waals surface area contributed by atoms with Crippen LogP contribution in [0.15, 0.2) is 47.6 Å². The van der Waals surface area contributed by atoms with Crippen LogP contribution in [0.3, 0.4) is 0 Å². The molecule has 3 aromatic rings. The molecule has 7 heteroatoms. The van der Waals surface area contributed by atoms with Crippen LogP contribution in [-0.4, -0.2) is 26.4 Å². The summed E-state index contributed by atoms with van der Waals surface area (Å²) in [7, 11) is 0. The van der Waals surface area contributed by atoms with Crippen molar-refractivity contribution in [1.29, 1.82) is 0 Å². The Labute approximate surface area is 118 Å². The number of phenols is 1. The average Bonchev–Trinajstić information content (AvgIpc) is 2.93. The van der Waals surface area contributed by atoms with Crippen LogP contribution in [0.4, 0.5) is 11.4 Å². The van der Waals surface area contributed by atoms with Crippen molar-refractivity contribution in [2.45, 2.75) is 0 Å². The fourth-order valence-corrected chi connectivity index (χ4v) is 1.95. The molecule has 0 saturated carbocycles. The van der Waals surface area contributed by atoms with E-state index in [0.29, 0.717) is 5.69 Å². The summed E-state index contributed by atoms with van der Waals surface area (Å²) < 4.78 is 0. The highest BCUT2D eigenvalue weighted by Gasteiger charge is 2.14. The van der Waals surface area contributed by atoms with Gasteiger partial charge in [-0.05, 0) is 24.3 Å². The van der Waals surface area contributed by atoms with E-state index in [1.807, 2.05) is 12.1 Å². The molecule has 3 rings (SSSR count). The molecular formula is C14H10N4O3. The van der Waals surface area contributed by atoms with Crippen LogP contribution >= 0.6 is 0 Å². The Bertz CT molecular complexity index is 854. The molecule has 0 aliphatic heterocycles. The van der Waals surface area contributed by atoms with Gasteiger partial charge in [0.25, 0.3) is 0 Å². The minimum absolute atomic E-state index is 0.288. The van der Waals surface area contributed by atoms with Crippen LogP contribution in [0, 0.1) is 10.1 Å². The normalized spacial score (nSPS) is 11.2. The van der Waals surface area contributed by atoms with Crippen molar-refractivity contribution in [2.24, 2.45) is 4.99 Å². The van der Waals surface area contributed by atoms with Gasteiger partial charge < -0.3 is 5.11 Å². The third-order valence-electron chi connectivity index (χ3n) is 3.02. The number of nitro groups is 1. The number of fused-ring (bicyclic) bond motifs is 1. The Hall–Kier alpha value is -3.22. The zero-order chi connectivity index (χ0) is 14.8. The van der Waals surface area contributed by atoms with Crippen LogP contribution in [0.1, 0.15) is 5.56 Å². The molecule has 0 bridgehead atoms. The Morgan fingerprint density at radius 1 is 1.33 bits per heavy atom. The van der Waals surface area contributed by atoms with Gasteiger partial charge in [0.05, 0.1) is 22.3 Å². The summed E-state index contributed by atoms with van der Waals surface area (Å²) in [6.45, 7) is 0. The van der Waals surface area contributed by atoms with Crippen molar-refractivity contribution in [3.63, 3.8) is 0 Å². The summed E-state index contributed by atoms with van der Waals surface area (Å²) in [4.78, 5) is 14.3. The lowest BCUT2D eigenvalue weighted by atomic mass is 10.2. The topological polar surface area (TPSA) is 104 Å². The Balaban J connectivity index is 1.95. The number of benzene rings is 2. The molecule has 104 valence electrons. The summed E-state index contributed by atoms with van der Waals surface area (Å²) >= 11 is 0. The molecule has 0 saturated heterocycles. The van der Waals surface area contributed by atoms with Gasteiger partial charge in [0.15, 0.2) is 0 Å². The number of aromatic hydroxyl groups is 1. The number of para-hydroxylation sites is 1. The summed E-state index contributed by atoms with van der Waals surface area (Å²) in [5.41, 5.74) is 1.50. The minimum Gasteiger partial charge on any atom is -0.502 e. The molecule has 0 aliphatic rings. The van der Waals surface area contributed by atoms with Gasteiger partial charge in [0, 0.05) is 23.2 Å². The van der Waals surface area contributed by atoms with Crippen LogP contribution < -0.4 is 0 Å². The van der Waals surface area contributed by atoms with E-state index < -0.39 is 10.7 Å². The number of rotatable bonds is 3. The van der Waals surface area contributed by atoms with Crippen molar-refractivity contribution < 1.29 is 10.0 Å². The molecule has 0 atom stereocenters. The molecular weight excluding hydrogens is 272 g/mol. The number of aliphatic imine (C=N–C) groups is 1. The molecule has 2 N–H and O–H groups in total. The summed E-state index contributed by atoms with van der Waals surface area (Å²) in [5.74, 6) is -0.393. The van der Waals surface area contributed by atoms with E-state index in [0.717, 1.165) is 10.9 Å². The maximum atomic E-state index is 10.8. The molecule has 0 spiro atoms. The van der Waals surface area contributed by atoms with Crippen molar-refractivity contribution in [3.05, 3.63) is 58.3 Å². The fourth-order valence-electron chi connectivity index (χ4n) is 1.95. The van der Waals surface area contributed by atoms with Crippen molar-refractivity contribution in [3.8, 4) is 5.75 Å². The number of hydrogen-bond donors (Lipinski definition) is 2. The minimum atomic E-state index is -0.635. The first-order chi connectivity index (χ1) is 10.1. The zero-order valence-electron chi connectivity index (χ0n) is 10.7. The first-order valence-corrected chi connectivity index (χ1v) is 6.09. The van der Waals surface area contributed by atoms with Gasteiger partial charge >= 0.3 is 5.69 Å². The van der Waals surface area contributed by atoms with E-state index in [9.17, 15) is 15.2 Å². The molecule has 2 aromatic carbocycles. The third kappa shape index (κ3) is 2.44. The highest BCUT2D eigenvalue weighted by atomic mass is 16.6. The standard InChI is InChI=1S/C14H10N4O3/c19-14-9(2-1-3-13(14)18(20)21)7-15-11-4-5-12-10(6-11)8-16-17-12/h1-8,19H,(H,16,17). The van der Waals surface area contributed by atoms with E-state index >= 15 is 0 Å². The second kappa shape index (κ2) is 5.04. The number of aromatic nitrogens is 2.